The van der Waals surface area contributed by atoms with Crippen molar-refractivity contribution < 1.29 is 4.74 Å². The lowest BCUT2D eigenvalue weighted by Crippen LogP contribution is -2.14. The Morgan fingerprint density at radius 3 is 2.62 bits per heavy atom. The summed E-state index contributed by atoms with van der Waals surface area (Å²) in [5, 5.41) is 0.674. The lowest BCUT2D eigenvalue weighted by atomic mass is 10.2. The Labute approximate surface area is 82.6 Å². The fourth-order valence-electron chi connectivity index (χ4n) is 0.887. The maximum atomic E-state index is 5.71. The fraction of sp³-hybridized carbons (Fsp3) is 0.200. The molecule has 0 aliphatic carbocycles. The number of halogens is 1. The molecule has 0 aliphatic rings. The maximum absolute atomic E-state index is 5.71. The molecule has 3 heteroatoms. The van der Waals surface area contributed by atoms with Crippen molar-refractivity contribution in [2.24, 2.45) is 5.73 Å². The third-order valence-corrected chi connectivity index (χ3v) is 1.80. The van der Waals surface area contributed by atoms with E-state index in [4.69, 9.17) is 28.5 Å². The van der Waals surface area contributed by atoms with Gasteiger partial charge in [-0.1, -0.05) is 29.7 Å². The van der Waals surface area contributed by atoms with Crippen molar-refractivity contribution >= 4 is 11.6 Å². The predicted molar refractivity (Wildman–Crippen MR) is 53.2 cm³/mol. The van der Waals surface area contributed by atoms with Gasteiger partial charge in [0.25, 0.3) is 0 Å². The predicted octanol–water partition coefficient (Wildman–Crippen LogP) is 1.95. The van der Waals surface area contributed by atoms with Crippen LogP contribution in [0.2, 0.25) is 5.02 Å². The van der Waals surface area contributed by atoms with Crippen molar-refractivity contribution in [3.63, 3.8) is 0 Å². The van der Waals surface area contributed by atoms with Gasteiger partial charge < -0.3 is 10.5 Å². The second-order valence-electron chi connectivity index (χ2n) is 2.49. The summed E-state index contributed by atoms with van der Waals surface area (Å²) in [5.41, 5.74) is 6.53. The van der Waals surface area contributed by atoms with Crippen molar-refractivity contribution in [3.05, 3.63) is 34.9 Å². The fourth-order valence-corrected chi connectivity index (χ4v) is 1.01. The molecule has 0 heterocycles. The topological polar surface area (TPSA) is 35.2 Å². The molecule has 0 fully saturated rings. The summed E-state index contributed by atoms with van der Waals surface area (Å²) < 4.78 is 5.12. The second kappa shape index (κ2) is 4.88. The molecule has 1 unspecified atom stereocenters. The third-order valence-electron chi connectivity index (χ3n) is 1.54. The maximum Gasteiger partial charge on any atom is 0.133 e. The summed E-state index contributed by atoms with van der Waals surface area (Å²) in [7, 11) is 0. The van der Waals surface area contributed by atoms with Gasteiger partial charge in [-0.25, -0.2) is 0 Å². The first-order chi connectivity index (χ1) is 6.24. The highest BCUT2D eigenvalue weighted by molar-refractivity contribution is 6.30. The molecule has 1 rings (SSSR count). The van der Waals surface area contributed by atoms with E-state index in [-0.39, 0.29) is 6.61 Å². The Morgan fingerprint density at radius 2 is 2.08 bits per heavy atom. The monoisotopic (exact) mass is 195 g/mol. The van der Waals surface area contributed by atoms with Crippen LogP contribution in [-0.4, -0.2) is 6.61 Å². The van der Waals surface area contributed by atoms with Gasteiger partial charge in [0, 0.05) is 5.02 Å². The van der Waals surface area contributed by atoms with Crippen LogP contribution < -0.4 is 5.73 Å². The molecule has 0 amide bonds. The zero-order valence-electron chi connectivity index (χ0n) is 7.03. The lowest BCUT2D eigenvalue weighted by molar-refractivity contribution is 0.0832. The molecule has 68 valence electrons. The summed E-state index contributed by atoms with van der Waals surface area (Å²) in [6.45, 7) is 0.212. The zero-order valence-corrected chi connectivity index (χ0v) is 7.79. The highest BCUT2D eigenvalue weighted by Gasteiger charge is 2.03. The minimum Gasteiger partial charge on any atom is -0.347 e. The molecule has 0 saturated heterocycles. The Balaban J connectivity index is 2.62. The van der Waals surface area contributed by atoms with Crippen molar-refractivity contribution in [1.29, 1.82) is 0 Å². The van der Waals surface area contributed by atoms with Crippen LogP contribution in [0.15, 0.2) is 24.3 Å². The molecular formula is C10H10ClNO. The molecule has 0 radical (unpaired) electrons. The van der Waals surface area contributed by atoms with E-state index in [2.05, 4.69) is 5.92 Å². The van der Waals surface area contributed by atoms with E-state index >= 15 is 0 Å². The van der Waals surface area contributed by atoms with Crippen LogP contribution in [0.5, 0.6) is 0 Å². The molecule has 0 bridgehead atoms. The quantitative estimate of drug-likeness (QED) is 0.591. The van der Waals surface area contributed by atoms with Crippen LogP contribution >= 0.6 is 11.6 Å². The van der Waals surface area contributed by atoms with E-state index in [1.165, 1.54) is 0 Å². The van der Waals surface area contributed by atoms with Gasteiger partial charge in [0.1, 0.15) is 12.8 Å². The number of benzene rings is 1. The van der Waals surface area contributed by atoms with E-state index < -0.39 is 6.23 Å². The molecule has 2 N–H and O–H groups in total. The van der Waals surface area contributed by atoms with E-state index in [1.807, 2.05) is 12.1 Å². The van der Waals surface area contributed by atoms with Crippen LogP contribution in [-0.2, 0) is 4.74 Å². The summed E-state index contributed by atoms with van der Waals surface area (Å²) in [6, 6.07) is 7.14. The van der Waals surface area contributed by atoms with E-state index in [9.17, 15) is 0 Å². The van der Waals surface area contributed by atoms with Gasteiger partial charge in [-0.05, 0) is 17.7 Å². The smallest absolute Gasteiger partial charge is 0.133 e. The molecule has 13 heavy (non-hydrogen) atoms. The van der Waals surface area contributed by atoms with Gasteiger partial charge in [0.05, 0.1) is 0 Å². The number of rotatable bonds is 3. The summed E-state index contributed by atoms with van der Waals surface area (Å²) >= 11 is 5.71. The van der Waals surface area contributed by atoms with Gasteiger partial charge in [0.2, 0.25) is 0 Å². The van der Waals surface area contributed by atoms with Gasteiger partial charge >= 0.3 is 0 Å². The first kappa shape index (κ1) is 10.1. The van der Waals surface area contributed by atoms with Gasteiger partial charge in [-0.15, -0.1) is 6.42 Å². The normalized spacial score (nSPS) is 12.1. The average molecular weight is 196 g/mol. The Hall–Kier alpha value is -1.01. The van der Waals surface area contributed by atoms with Gasteiger partial charge in [-0.3, -0.25) is 0 Å². The van der Waals surface area contributed by atoms with E-state index in [0.717, 1.165) is 5.56 Å². The van der Waals surface area contributed by atoms with Crippen LogP contribution in [0.25, 0.3) is 0 Å². The first-order valence-corrected chi connectivity index (χ1v) is 4.18. The van der Waals surface area contributed by atoms with Crippen molar-refractivity contribution in [2.75, 3.05) is 6.61 Å². The second-order valence-corrected chi connectivity index (χ2v) is 2.92. The van der Waals surface area contributed by atoms with E-state index in [1.54, 1.807) is 12.1 Å². The number of hydrogen-bond donors (Lipinski definition) is 1. The van der Waals surface area contributed by atoms with Gasteiger partial charge in [-0.2, -0.15) is 0 Å². The third kappa shape index (κ3) is 3.08. The molecule has 1 atom stereocenters. The minimum atomic E-state index is -0.478. The number of nitrogens with two attached hydrogens (primary N) is 1. The largest absolute Gasteiger partial charge is 0.347 e. The summed E-state index contributed by atoms with van der Waals surface area (Å²) in [6.07, 6.45) is 4.55. The Morgan fingerprint density at radius 1 is 1.46 bits per heavy atom. The van der Waals surface area contributed by atoms with E-state index in [0.29, 0.717) is 5.02 Å². The summed E-state index contributed by atoms with van der Waals surface area (Å²) in [5.74, 6) is 2.35. The van der Waals surface area contributed by atoms with Crippen molar-refractivity contribution in [1.82, 2.24) is 0 Å². The molecular weight excluding hydrogens is 186 g/mol. The average Bonchev–Trinajstić information content (AvgIpc) is 2.15. The van der Waals surface area contributed by atoms with Crippen LogP contribution in [0, 0.1) is 12.3 Å². The SMILES string of the molecule is C#CCOC(N)c1ccc(Cl)cc1. The van der Waals surface area contributed by atoms with Crippen LogP contribution in [0.3, 0.4) is 0 Å². The molecule has 0 spiro atoms. The number of hydrogen-bond acceptors (Lipinski definition) is 2. The van der Waals surface area contributed by atoms with Crippen LogP contribution in [0.1, 0.15) is 11.8 Å². The highest BCUT2D eigenvalue weighted by Crippen LogP contribution is 2.15. The zero-order chi connectivity index (χ0) is 9.68. The molecule has 0 aliphatic heterocycles. The minimum absolute atomic E-state index is 0.212. The Bertz CT molecular complexity index is 302. The number of terminal acetylenes is 1. The van der Waals surface area contributed by atoms with Crippen LogP contribution in [0.4, 0.5) is 0 Å². The first-order valence-electron chi connectivity index (χ1n) is 3.80. The molecule has 1 aromatic rings. The molecule has 0 aromatic heterocycles. The summed E-state index contributed by atoms with van der Waals surface area (Å²) in [4.78, 5) is 0. The molecule has 0 saturated carbocycles. The molecule has 2 nitrogen and oxygen atoms in total. The Kier molecular flexibility index (Phi) is 3.78. The highest BCUT2D eigenvalue weighted by atomic mass is 35.5. The van der Waals surface area contributed by atoms with Gasteiger partial charge in [0.15, 0.2) is 0 Å². The van der Waals surface area contributed by atoms with Crippen molar-refractivity contribution in [2.45, 2.75) is 6.23 Å². The molecule has 1 aromatic carbocycles. The lowest BCUT2D eigenvalue weighted by Gasteiger charge is -2.10. The standard InChI is InChI=1S/C10H10ClNO/c1-2-7-13-10(12)8-3-5-9(11)6-4-8/h1,3-6,10H,7,12H2. The van der Waals surface area contributed by atoms with Crippen molar-refractivity contribution in [3.8, 4) is 12.3 Å². The number of ether oxygens (including phenoxy) is 1.